The quantitative estimate of drug-likeness (QED) is 0.358. The maximum absolute atomic E-state index is 13.0. The summed E-state index contributed by atoms with van der Waals surface area (Å²) >= 11 is 1.58. The Morgan fingerprint density at radius 1 is 1.10 bits per heavy atom. The number of aromatic nitrogens is 2. The van der Waals surface area contributed by atoms with Crippen molar-refractivity contribution in [1.29, 1.82) is 0 Å². The van der Waals surface area contributed by atoms with Gasteiger partial charge in [0.25, 0.3) is 0 Å². The van der Waals surface area contributed by atoms with Crippen molar-refractivity contribution in [1.82, 2.24) is 14.5 Å². The summed E-state index contributed by atoms with van der Waals surface area (Å²) in [5.74, 6) is -2.03. The van der Waals surface area contributed by atoms with Gasteiger partial charge >= 0.3 is 12.1 Å². The van der Waals surface area contributed by atoms with Crippen LogP contribution < -0.4 is 5.32 Å². The molecular weight excluding hydrogens is 573 g/mol. The molecule has 0 saturated carbocycles. The Balaban J connectivity index is 1.28. The van der Waals surface area contributed by atoms with Gasteiger partial charge in [-0.3, -0.25) is 9.59 Å². The zero-order valence-electron chi connectivity index (χ0n) is 22.8. The Kier molecular flexibility index (Phi) is 9.21. The lowest BCUT2D eigenvalue weighted by Crippen LogP contribution is -2.48. The number of benzene rings is 2. The van der Waals surface area contributed by atoms with Crippen molar-refractivity contribution in [3.63, 3.8) is 0 Å². The predicted octanol–water partition coefficient (Wildman–Crippen LogP) is 4.74. The second-order valence-corrected chi connectivity index (χ2v) is 11.2. The molecule has 2 fully saturated rings. The number of hydrogen-bond acceptors (Lipinski definition) is 7. The van der Waals surface area contributed by atoms with Crippen molar-refractivity contribution in [3.05, 3.63) is 77.6 Å². The number of ether oxygens (including phenoxy) is 2. The highest BCUT2D eigenvalue weighted by atomic mass is 32.2. The van der Waals surface area contributed by atoms with Gasteiger partial charge in [0, 0.05) is 49.4 Å². The van der Waals surface area contributed by atoms with Crippen LogP contribution in [-0.4, -0.2) is 62.0 Å². The number of hydrogen-bond donors (Lipinski definition) is 2. The van der Waals surface area contributed by atoms with Gasteiger partial charge in [-0.15, -0.1) is 0 Å². The molecule has 2 saturated heterocycles. The summed E-state index contributed by atoms with van der Waals surface area (Å²) < 4.78 is 53.5. The minimum absolute atomic E-state index is 0.0548. The fourth-order valence-corrected chi connectivity index (χ4v) is 6.03. The van der Waals surface area contributed by atoms with Gasteiger partial charge in [-0.2, -0.15) is 13.2 Å². The molecule has 3 aromatic rings. The largest absolute Gasteiger partial charge is 0.471 e. The third-order valence-electron chi connectivity index (χ3n) is 7.30. The van der Waals surface area contributed by atoms with Crippen LogP contribution >= 0.6 is 11.8 Å². The molecule has 2 amide bonds. The van der Waals surface area contributed by atoms with Gasteiger partial charge in [0.05, 0.1) is 18.8 Å². The number of nitrogens with one attached hydrogen (secondary N) is 1. The summed E-state index contributed by atoms with van der Waals surface area (Å²) in [5.41, 5.74) is 2.83. The molecule has 0 radical (unpaired) electrons. The van der Waals surface area contributed by atoms with Crippen molar-refractivity contribution in [2.45, 2.75) is 61.7 Å². The number of carbonyl (C=O) groups is 2. The highest BCUT2D eigenvalue weighted by Gasteiger charge is 2.47. The summed E-state index contributed by atoms with van der Waals surface area (Å²) in [6.45, 7) is -0.171. The van der Waals surface area contributed by atoms with Gasteiger partial charge in [-0.25, -0.2) is 4.98 Å². The molecular formula is C29H31F3N4O5S. The van der Waals surface area contributed by atoms with E-state index in [1.165, 1.54) is 0 Å². The molecule has 4 atom stereocenters. The first-order chi connectivity index (χ1) is 20.1. The van der Waals surface area contributed by atoms with E-state index in [0.717, 1.165) is 16.3 Å². The molecule has 5 rings (SSSR count). The SMILES string of the molecule is Cn1ccnc1SC[C@@H]1C[C@H](c2ccc(CO)cc2)O[C@H](c2ccc(NC(=O)[C@@H]3CCCN3C(=O)C(F)(F)F)cc2)O1. The van der Waals surface area contributed by atoms with Crippen LogP contribution in [0.15, 0.2) is 66.1 Å². The van der Waals surface area contributed by atoms with E-state index >= 15 is 0 Å². The number of alkyl halides is 3. The average molecular weight is 605 g/mol. The lowest BCUT2D eigenvalue weighted by molar-refractivity contribution is -0.245. The molecule has 0 aliphatic carbocycles. The number of carbonyl (C=O) groups excluding carboxylic acids is 2. The summed E-state index contributed by atoms with van der Waals surface area (Å²) in [6, 6.07) is 13.1. The molecule has 0 unspecified atom stereocenters. The predicted molar refractivity (Wildman–Crippen MR) is 148 cm³/mol. The summed E-state index contributed by atoms with van der Waals surface area (Å²) in [5, 5.41) is 12.9. The number of aliphatic hydroxyl groups is 1. The second-order valence-electron chi connectivity index (χ2n) is 10.2. The molecule has 9 nitrogen and oxygen atoms in total. The molecule has 42 heavy (non-hydrogen) atoms. The molecule has 2 aliphatic heterocycles. The first-order valence-corrected chi connectivity index (χ1v) is 14.5. The lowest BCUT2D eigenvalue weighted by Gasteiger charge is -2.36. The number of likely N-dealkylation sites (tertiary alicyclic amines) is 1. The molecule has 2 N–H and O–H groups in total. The zero-order chi connectivity index (χ0) is 29.9. The number of rotatable bonds is 8. The molecule has 2 aliphatic rings. The maximum atomic E-state index is 13.0. The van der Waals surface area contributed by atoms with Crippen molar-refractivity contribution in [3.8, 4) is 0 Å². The van der Waals surface area contributed by atoms with Gasteiger partial charge < -0.3 is 29.4 Å². The fourth-order valence-electron chi connectivity index (χ4n) is 5.08. The molecule has 0 bridgehead atoms. The van der Waals surface area contributed by atoms with Crippen LogP contribution in [0.25, 0.3) is 0 Å². The van der Waals surface area contributed by atoms with Gasteiger partial charge in [-0.1, -0.05) is 48.2 Å². The molecule has 2 aromatic carbocycles. The number of aliphatic hydroxyl groups excluding tert-OH is 1. The number of halogens is 3. The van der Waals surface area contributed by atoms with Crippen LogP contribution in [0.5, 0.6) is 0 Å². The highest BCUT2D eigenvalue weighted by molar-refractivity contribution is 7.99. The van der Waals surface area contributed by atoms with E-state index in [9.17, 15) is 27.9 Å². The molecule has 224 valence electrons. The van der Waals surface area contributed by atoms with E-state index < -0.39 is 30.3 Å². The zero-order valence-corrected chi connectivity index (χ0v) is 23.6. The third-order valence-corrected chi connectivity index (χ3v) is 8.49. The first kappa shape index (κ1) is 30.1. The molecule has 3 heterocycles. The second kappa shape index (κ2) is 12.9. The van der Waals surface area contributed by atoms with Gasteiger partial charge in [0.15, 0.2) is 11.4 Å². The van der Waals surface area contributed by atoms with Crippen molar-refractivity contribution in [2.24, 2.45) is 7.05 Å². The molecule has 1 aromatic heterocycles. The number of anilines is 1. The number of imidazole rings is 1. The lowest BCUT2D eigenvalue weighted by atomic mass is 10.0. The summed E-state index contributed by atoms with van der Waals surface area (Å²) in [6.07, 6.45) is -1.50. The Morgan fingerprint density at radius 3 is 2.45 bits per heavy atom. The average Bonchev–Trinajstić information content (AvgIpc) is 3.64. The number of nitrogens with zero attached hydrogens (tertiary/aromatic N) is 3. The highest BCUT2D eigenvalue weighted by Crippen LogP contribution is 2.39. The van der Waals surface area contributed by atoms with Crippen LogP contribution in [0.1, 0.15) is 48.3 Å². The van der Waals surface area contributed by atoms with Crippen LogP contribution in [-0.2, 0) is 32.7 Å². The molecule has 0 spiro atoms. The van der Waals surface area contributed by atoms with Crippen molar-refractivity contribution >= 4 is 29.3 Å². The Labute approximate surface area is 245 Å². The number of amides is 2. The fraction of sp³-hybridized carbons (Fsp3) is 0.414. The first-order valence-electron chi connectivity index (χ1n) is 13.5. The van der Waals surface area contributed by atoms with Gasteiger partial charge in [0.2, 0.25) is 5.91 Å². The minimum atomic E-state index is -5.03. The normalized spacial score (nSPS) is 22.7. The molecule has 13 heteroatoms. The van der Waals surface area contributed by atoms with E-state index in [1.807, 2.05) is 42.1 Å². The smallest absolute Gasteiger partial charge is 0.392 e. The van der Waals surface area contributed by atoms with Crippen molar-refractivity contribution in [2.75, 3.05) is 17.6 Å². The van der Waals surface area contributed by atoms with E-state index in [2.05, 4.69) is 10.3 Å². The van der Waals surface area contributed by atoms with E-state index in [-0.39, 0.29) is 31.8 Å². The Bertz CT molecular complexity index is 1380. The standard InChI is InChI=1S/C29H31F3N4O5S/c1-35-14-12-33-28(35)42-17-22-15-24(19-6-4-18(16-37)5-7-19)41-26(40-22)20-8-10-21(11-9-20)34-25(38)23-3-2-13-36(23)27(39)29(30,31)32/h4-12,14,22-24,26,37H,2-3,13,15-17H2,1H3,(H,34,38)/t22-,23-,24+,26+/m0/s1. The number of aryl methyl sites for hydroxylation is 1. The van der Waals surface area contributed by atoms with E-state index in [0.29, 0.717) is 34.7 Å². The minimum Gasteiger partial charge on any atom is -0.392 e. The summed E-state index contributed by atoms with van der Waals surface area (Å²) in [4.78, 5) is 29.5. The van der Waals surface area contributed by atoms with Crippen LogP contribution in [0.2, 0.25) is 0 Å². The van der Waals surface area contributed by atoms with Crippen molar-refractivity contribution < 1.29 is 37.3 Å². The number of thioether (sulfide) groups is 1. The summed E-state index contributed by atoms with van der Waals surface area (Å²) in [7, 11) is 1.92. The third kappa shape index (κ3) is 6.97. The van der Waals surface area contributed by atoms with Crippen LogP contribution in [0, 0.1) is 0 Å². The van der Waals surface area contributed by atoms with E-state index in [4.69, 9.17) is 9.47 Å². The van der Waals surface area contributed by atoms with Crippen LogP contribution in [0.3, 0.4) is 0 Å². The maximum Gasteiger partial charge on any atom is 0.471 e. The van der Waals surface area contributed by atoms with E-state index in [1.54, 1.807) is 42.2 Å². The monoisotopic (exact) mass is 604 g/mol. The Morgan fingerprint density at radius 2 is 1.81 bits per heavy atom. The van der Waals surface area contributed by atoms with Gasteiger partial charge in [-0.05, 0) is 36.1 Å². The topological polar surface area (TPSA) is 106 Å². The Hall–Kier alpha value is -3.39. The van der Waals surface area contributed by atoms with Crippen LogP contribution in [0.4, 0.5) is 18.9 Å². The van der Waals surface area contributed by atoms with Gasteiger partial charge in [0.1, 0.15) is 6.04 Å².